The van der Waals surface area contributed by atoms with Crippen molar-refractivity contribution in [2.75, 3.05) is 13.1 Å². The van der Waals surface area contributed by atoms with E-state index in [4.69, 9.17) is 0 Å². The van der Waals surface area contributed by atoms with Crippen molar-refractivity contribution in [1.82, 2.24) is 5.32 Å². The number of halogens is 1. The molecule has 1 aromatic rings. The van der Waals surface area contributed by atoms with Crippen LogP contribution < -0.4 is 5.32 Å². The van der Waals surface area contributed by atoms with Crippen LogP contribution in [0.2, 0.25) is 0 Å². The highest BCUT2D eigenvalue weighted by Gasteiger charge is 2.41. The van der Waals surface area contributed by atoms with Crippen LogP contribution in [-0.4, -0.2) is 13.1 Å². The van der Waals surface area contributed by atoms with Crippen LogP contribution in [-0.2, 0) is 0 Å². The molecule has 1 heterocycles. The summed E-state index contributed by atoms with van der Waals surface area (Å²) in [5.41, 5.74) is 1.87. The van der Waals surface area contributed by atoms with Crippen LogP contribution in [0.15, 0.2) is 28.7 Å². The molecule has 0 bridgehead atoms. The summed E-state index contributed by atoms with van der Waals surface area (Å²) in [5.74, 6) is 1.37. The number of hydrogen-bond donors (Lipinski definition) is 1. The fourth-order valence-corrected chi connectivity index (χ4v) is 3.85. The minimum Gasteiger partial charge on any atom is -0.316 e. The molecule has 1 aromatic carbocycles. The molecule has 100 valence electrons. The zero-order chi connectivity index (χ0) is 13.2. The third kappa shape index (κ3) is 2.50. The fraction of sp³-hybridized carbons (Fsp3) is 0.625. The number of nitrogens with one attached hydrogen (secondary N) is 1. The van der Waals surface area contributed by atoms with Gasteiger partial charge in [0.25, 0.3) is 0 Å². The van der Waals surface area contributed by atoms with Crippen molar-refractivity contribution >= 4 is 15.9 Å². The molecule has 1 nitrogen and oxygen atoms in total. The first-order chi connectivity index (χ1) is 8.59. The average molecular weight is 310 g/mol. The second-order valence-corrected chi connectivity index (χ2v) is 6.70. The van der Waals surface area contributed by atoms with Gasteiger partial charge in [0.2, 0.25) is 0 Å². The van der Waals surface area contributed by atoms with Gasteiger partial charge in [-0.05, 0) is 35.9 Å². The Labute approximate surface area is 119 Å². The molecule has 1 fully saturated rings. The zero-order valence-electron chi connectivity index (χ0n) is 11.7. The highest BCUT2D eigenvalue weighted by atomic mass is 79.9. The number of hydrogen-bond acceptors (Lipinski definition) is 1. The van der Waals surface area contributed by atoms with Crippen LogP contribution in [0.3, 0.4) is 0 Å². The summed E-state index contributed by atoms with van der Waals surface area (Å²) < 4.78 is 1.26. The van der Waals surface area contributed by atoms with E-state index < -0.39 is 0 Å². The van der Waals surface area contributed by atoms with Crippen molar-refractivity contribution in [2.24, 2.45) is 11.3 Å². The van der Waals surface area contributed by atoms with Crippen LogP contribution in [0.4, 0.5) is 0 Å². The Morgan fingerprint density at radius 2 is 2.17 bits per heavy atom. The normalized spacial score (nSPS) is 30.1. The summed E-state index contributed by atoms with van der Waals surface area (Å²) in [6.07, 6.45) is 2.53. The Morgan fingerprint density at radius 3 is 2.83 bits per heavy atom. The molecule has 0 aromatic heterocycles. The van der Waals surface area contributed by atoms with E-state index >= 15 is 0 Å². The van der Waals surface area contributed by atoms with Gasteiger partial charge in [-0.1, -0.05) is 61.3 Å². The molecule has 3 atom stereocenters. The van der Waals surface area contributed by atoms with E-state index in [2.05, 4.69) is 66.3 Å². The minimum absolute atomic E-state index is 0.407. The predicted molar refractivity (Wildman–Crippen MR) is 81.9 cm³/mol. The van der Waals surface area contributed by atoms with Crippen molar-refractivity contribution < 1.29 is 0 Å². The van der Waals surface area contributed by atoms with E-state index in [-0.39, 0.29) is 0 Å². The Bertz CT molecular complexity index is 404. The molecule has 2 heteroatoms. The Hall–Kier alpha value is -0.340. The summed E-state index contributed by atoms with van der Waals surface area (Å²) in [6.45, 7) is 9.46. The molecular formula is C16H24BrN. The third-order valence-electron chi connectivity index (χ3n) is 5.00. The van der Waals surface area contributed by atoms with Gasteiger partial charge in [0.1, 0.15) is 0 Å². The third-order valence-corrected chi connectivity index (χ3v) is 5.73. The van der Waals surface area contributed by atoms with Gasteiger partial charge >= 0.3 is 0 Å². The molecule has 0 spiro atoms. The van der Waals surface area contributed by atoms with Gasteiger partial charge in [-0.3, -0.25) is 0 Å². The fourth-order valence-electron chi connectivity index (χ4n) is 3.29. The summed E-state index contributed by atoms with van der Waals surface area (Å²) >= 11 is 3.73. The maximum Gasteiger partial charge on any atom is 0.0210 e. The minimum atomic E-state index is 0.407. The lowest BCUT2D eigenvalue weighted by atomic mass is 9.62. The van der Waals surface area contributed by atoms with Crippen LogP contribution in [0.25, 0.3) is 0 Å². The van der Waals surface area contributed by atoms with Gasteiger partial charge in [0.05, 0.1) is 0 Å². The van der Waals surface area contributed by atoms with Gasteiger partial charge in [0, 0.05) is 16.9 Å². The van der Waals surface area contributed by atoms with Gasteiger partial charge in [-0.2, -0.15) is 0 Å². The van der Waals surface area contributed by atoms with Crippen molar-refractivity contribution in [3.63, 3.8) is 0 Å². The van der Waals surface area contributed by atoms with Gasteiger partial charge in [0.15, 0.2) is 0 Å². The zero-order valence-corrected chi connectivity index (χ0v) is 13.3. The quantitative estimate of drug-likeness (QED) is 0.862. The van der Waals surface area contributed by atoms with Crippen LogP contribution in [0, 0.1) is 11.3 Å². The van der Waals surface area contributed by atoms with E-state index in [0.29, 0.717) is 11.3 Å². The van der Waals surface area contributed by atoms with Gasteiger partial charge in [-0.15, -0.1) is 0 Å². The van der Waals surface area contributed by atoms with Crippen molar-refractivity contribution in [2.45, 2.75) is 39.5 Å². The second-order valence-electron chi connectivity index (χ2n) is 5.84. The molecule has 3 unspecified atom stereocenters. The summed E-state index contributed by atoms with van der Waals surface area (Å²) in [5, 5.41) is 3.57. The highest BCUT2D eigenvalue weighted by molar-refractivity contribution is 9.10. The van der Waals surface area contributed by atoms with E-state index in [9.17, 15) is 0 Å². The lowest BCUT2D eigenvalue weighted by Gasteiger charge is -2.46. The van der Waals surface area contributed by atoms with Crippen LogP contribution in [0.5, 0.6) is 0 Å². The molecule has 18 heavy (non-hydrogen) atoms. The molecule has 0 radical (unpaired) electrons. The van der Waals surface area contributed by atoms with Gasteiger partial charge in [-0.25, -0.2) is 0 Å². The largest absolute Gasteiger partial charge is 0.316 e. The molecule has 0 amide bonds. The number of benzene rings is 1. The molecule has 1 aliphatic rings. The SMILES string of the molecule is CCC(C)C1(C)CCNCC1c1ccccc1Br. The first-order valence-electron chi connectivity index (χ1n) is 7.04. The first kappa shape index (κ1) is 14.1. The van der Waals surface area contributed by atoms with Crippen molar-refractivity contribution in [3.8, 4) is 0 Å². The molecule has 0 aliphatic carbocycles. The molecule has 2 rings (SSSR count). The predicted octanol–water partition coefficient (Wildman–Crippen LogP) is 4.58. The molecular weight excluding hydrogens is 286 g/mol. The Kier molecular flexibility index (Phi) is 4.50. The second kappa shape index (κ2) is 5.75. The number of piperidine rings is 1. The van der Waals surface area contributed by atoms with E-state index in [1.807, 2.05) is 0 Å². The van der Waals surface area contributed by atoms with Crippen LogP contribution >= 0.6 is 15.9 Å². The smallest absolute Gasteiger partial charge is 0.0210 e. The molecule has 0 saturated carbocycles. The molecule has 1 N–H and O–H groups in total. The number of rotatable bonds is 3. The van der Waals surface area contributed by atoms with E-state index in [1.54, 1.807) is 0 Å². The summed E-state index contributed by atoms with van der Waals surface area (Å²) in [4.78, 5) is 0. The lowest BCUT2D eigenvalue weighted by molar-refractivity contribution is 0.106. The maximum absolute atomic E-state index is 3.73. The van der Waals surface area contributed by atoms with E-state index in [0.717, 1.165) is 19.0 Å². The molecule has 1 saturated heterocycles. The van der Waals surface area contributed by atoms with Crippen molar-refractivity contribution in [3.05, 3.63) is 34.3 Å². The topological polar surface area (TPSA) is 12.0 Å². The highest BCUT2D eigenvalue weighted by Crippen LogP contribution is 2.48. The van der Waals surface area contributed by atoms with Gasteiger partial charge < -0.3 is 5.32 Å². The Morgan fingerprint density at radius 1 is 1.44 bits per heavy atom. The maximum atomic E-state index is 3.73. The monoisotopic (exact) mass is 309 g/mol. The first-order valence-corrected chi connectivity index (χ1v) is 7.84. The Balaban J connectivity index is 2.37. The standard InChI is InChI=1S/C16H24BrN/c1-4-12(2)16(3)9-10-18-11-14(16)13-7-5-6-8-15(13)17/h5-8,12,14,18H,4,9-11H2,1-3H3. The lowest BCUT2D eigenvalue weighted by Crippen LogP contribution is -2.45. The summed E-state index contributed by atoms with van der Waals surface area (Å²) in [6, 6.07) is 8.71. The van der Waals surface area contributed by atoms with Crippen molar-refractivity contribution in [1.29, 1.82) is 0 Å². The van der Waals surface area contributed by atoms with E-state index in [1.165, 1.54) is 22.9 Å². The summed E-state index contributed by atoms with van der Waals surface area (Å²) in [7, 11) is 0. The van der Waals surface area contributed by atoms with Crippen LogP contribution in [0.1, 0.15) is 45.1 Å². The average Bonchev–Trinajstić information content (AvgIpc) is 2.39. The molecule has 1 aliphatic heterocycles.